The highest BCUT2D eigenvalue weighted by atomic mass is 16.6. The minimum atomic E-state index is -0.626. The number of hydrogen-bond donors (Lipinski definition) is 2. The molecule has 2 N–H and O–H groups in total. The quantitative estimate of drug-likeness (QED) is 0.420. The number of nitrogens with zero attached hydrogens (tertiary/aromatic N) is 1. The summed E-state index contributed by atoms with van der Waals surface area (Å²) in [6.07, 6.45) is 3.18. The number of aryl methyl sites for hydroxylation is 1. The summed E-state index contributed by atoms with van der Waals surface area (Å²) in [5.41, 5.74) is 1.02. The number of phenolic OH excluding ortho intramolecular Hbond substituents is 2. The van der Waals surface area contributed by atoms with Gasteiger partial charge in [0.15, 0.2) is 5.75 Å². The summed E-state index contributed by atoms with van der Waals surface area (Å²) < 4.78 is 0. The van der Waals surface area contributed by atoms with E-state index in [2.05, 4.69) is 0 Å². The van der Waals surface area contributed by atoms with Gasteiger partial charge in [-0.05, 0) is 37.3 Å². The molecule has 1 aromatic rings. The highest BCUT2D eigenvalue weighted by Crippen LogP contribution is 2.42. The maximum absolute atomic E-state index is 10.8. The second-order valence-electron chi connectivity index (χ2n) is 3.69. The van der Waals surface area contributed by atoms with E-state index in [4.69, 9.17) is 0 Å². The molecule has 0 aromatic heterocycles. The lowest BCUT2D eigenvalue weighted by Crippen LogP contribution is -2.06. The van der Waals surface area contributed by atoms with E-state index in [1.54, 1.807) is 0 Å². The van der Waals surface area contributed by atoms with Gasteiger partial charge >= 0.3 is 5.69 Å². The molecule has 0 unspecified atom stereocenters. The minimum Gasteiger partial charge on any atom is -0.504 e. The van der Waals surface area contributed by atoms with E-state index in [1.165, 1.54) is 6.07 Å². The van der Waals surface area contributed by atoms with Crippen LogP contribution >= 0.6 is 0 Å². The SMILES string of the molecule is O=[N+]([O-])c1c(O)c(O)cc2c1CCCC2. The predicted molar refractivity (Wildman–Crippen MR) is 53.1 cm³/mol. The molecule has 0 heterocycles. The molecule has 0 radical (unpaired) electrons. The normalized spacial score (nSPS) is 14.7. The Morgan fingerprint density at radius 3 is 2.60 bits per heavy atom. The van der Waals surface area contributed by atoms with Crippen LogP contribution in [0.5, 0.6) is 11.5 Å². The van der Waals surface area contributed by atoms with Gasteiger partial charge in [-0.15, -0.1) is 0 Å². The van der Waals surface area contributed by atoms with E-state index in [-0.39, 0.29) is 5.69 Å². The first-order valence-corrected chi connectivity index (χ1v) is 4.82. The zero-order valence-electron chi connectivity index (χ0n) is 8.06. The third kappa shape index (κ3) is 1.49. The second-order valence-corrected chi connectivity index (χ2v) is 3.69. The summed E-state index contributed by atoms with van der Waals surface area (Å²) in [4.78, 5) is 10.2. The fourth-order valence-electron chi connectivity index (χ4n) is 2.05. The molecule has 0 atom stereocenters. The van der Waals surface area contributed by atoms with Crippen LogP contribution in [0.2, 0.25) is 0 Å². The number of benzene rings is 1. The van der Waals surface area contributed by atoms with Gasteiger partial charge in [-0.2, -0.15) is 0 Å². The van der Waals surface area contributed by atoms with Gasteiger partial charge < -0.3 is 10.2 Å². The predicted octanol–water partition coefficient (Wildman–Crippen LogP) is 1.88. The molecule has 2 rings (SSSR count). The maximum Gasteiger partial charge on any atom is 0.318 e. The van der Waals surface area contributed by atoms with Crippen molar-refractivity contribution in [2.45, 2.75) is 25.7 Å². The molecular formula is C10H11NO4. The van der Waals surface area contributed by atoms with E-state index in [9.17, 15) is 20.3 Å². The fraction of sp³-hybridized carbons (Fsp3) is 0.400. The Kier molecular flexibility index (Phi) is 2.22. The summed E-state index contributed by atoms with van der Waals surface area (Å²) in [6, 6.07) is 1.43. The van der Waals surface area contributed by atoms with Gasteiger partial charge in [0.05, 0.1) is 4.92 Å². The number of aromatic hydroxyl groups is 2. The number of fused-ring (bicyclic) bond motifs is 1. The van der Waals surface area contributed by atoms with Crippen LogP contribution in [0.25, 0.3) is 0 Å². The lowest BCUT2D eigenvalue weighted by molar-refractivity contribution is -0.386. The molecule has 1 aliphatic carbocycles. The Bertz CT molecular complexity index is 428. The third-order valence-corrected chi connectivity index (χ3v) is 2.76. The second kappa shape index (κ2) is 3.42. The van der Waals surface area contributed by atoms with Crippen molar-refractivity contribution in [3.05, 3.63) is 27.3 Å². The average Bonchev–Trinajstić information content (AvgIpc) is 2.19. The summed E-state index contributed by atoms with van der Waals surface area (Å²) in [6.45, 7) is 0. The number of nitro groups is 1. The Hall–Kier alpha value is -1.78. The van der Waals surface area contributed by atoms with Gasteiger partial charge in [-0.1, -0.05) is 0 Å². The lowest BCUT2D eigenvalue weighted by atomic mass is 9.90. The summed E-state index contributed by atoms with van der Waals surface area (Å²) in [7, 11) is 0. The van der Waals surface area contributed by atoms with Crippen LogP contribution in [0, 0.1) is 10.1 Å². The highest BCUT2D eigenvalue weighted by molar-refractivity contribution is 5.62. The van der Waals surface area contributed by atoms with Gasteiger partial charge in [-0.25, -0.2) is 0 Å². The van der Waals surface area contributed by atoms with Crippen molar-refractivity contribution in [1.82, 2.24) is 0 Å². The van der Waals surface area contributed by atoms with Crippen molar-refractivity contribution in [3.63, 3.8) is 0 Å². The lowest BCUT2D eigenvalue weighted by Gasteiger charge is -2.16. The van der Waals surface area contributed by atoms with Crippen LogP contribution in [0.3, 0.4) is 0 Å². The first-order chi connectivity index (χ1) is 7.11. The number of rotatable bonds is 1. The van der Waals surface area contributed by atoms with E-state index in [0.29, 0.717) is 12.0 Å². The van der Waals surface area contributed by atoms with E-state index in [0.717, 1.165) is 24.8 Å². The van der Waals surface area contributed by atoms with Crippen LogP contribution in [0.4, 0.5) is 5.69 Å². The zero-order chi connectivity index (χ0) is 11.0. The van der Waals surface area contributed by atoms with Crippen molar-refractivity contribution in [2.75, 3.05) is 0 Å². The Balaban J connectivity index is 2.68. The first-order valence-electron chi connectivity index (χ1n) is 4.82. The van der Waals surface area contributed by atoms with Crippen LogP contribution in [0.15, 0.2) is 6.07 Å². The standard InChI is InChI=1S/C10H11NO4/c12-8-5-6-3-1-2-4-7(6)9(10(8)13)11(14)15/h5,12-13H,1-4H2. The highest BCUT2D eigenvalue weighted by Gasteiger charge is 2.27. The number of phenols is 2. The first kappa shape index (κ1) is 9.76. The van der Waals surface area contributed by atoms with Crippen molar-refractivity contribution in [3.8, 4) is 11.5 Å². The molecule has 5 nitrogen and oxygen atoms in total. The van der Waals surface area contributed by atoms with E-state index >= 15 is 0 Å². The molecule has 1 aliphatic rings. The molecule has 5 heteroatoms. The fourth-order valence-corrected chi connectivity index (χ4v) is 2.05. The summed E-state index contributed by atoms with van der Waals surface area (Å²) >= 11 is 0. The molecule has 1 aromatic carbocycles. The van der Waals surface area contributed by atoms with Crippen LogP contribution in [-0.2, 0) is 12.8 Å². The smallest absolute Gasteiger partial charge is 0.318 e. The van der Waals surface area contributed by atoms with E-state index < -0.39 is 16.4 Å². The van der Waals surface area contributed by atoms with Gasteiger partial charge in [0.1, 0.15) is 0 Å². The topological polar surface area (TPSA) is 83.6 Å². The molecule has 15 heavy (non-hydrogen) atoms. The molecular weight excluding hydrogens is 198 g/mol. The molecule has 0 aliphatic heterocycles. The number of hydrogen-bond acceptors (Lipinski definition) is 4. The van der Waals surface area contributed by atoms with Gasteiger partial charge in [0.25, 0.3) is 0 Å². The number of nitro benzene ring substituents is 1. The Morgan fingerprint density at radius 2 is 1.93 bits per heavy atom. The van der Waals surface area contributed by atoms with E-state index in [1.807, 2.05) is 0 Å². The van der Waals surface area contributed by atoms with Gasteiger partial charge in [-0.3, -0.25) is 10.1 Å². The zero-order valence-corrected chi connectivity index (χ0v) is 8.06. The van der Waals surface area contributed by atoms with Crippen LogP contribution < -0.4 is 0 Å². The third-order valence-electron chi connectivity index (χ3n) is 2.76. The van der Waals surface area contributed by atoms with Crippen molar-refractivity contribution < 1.29 is 15.1 Å². The average molecular weight is 209 g/mol. The van der Waals surface area contributed by atoms with Crippen LogP contribution in [0.1, 0.15) is 24.0 Å². The maximum atomic E-state index is 10.8. The Labute approximate surface area is 86.1 Å². The van der Waals surface area contributed by atoms with Crippen molar-refractivity contribution >= 4 is 5.69 Å². The molecule has 0 saturated carbocycles. The Morgan fingerprint density at radius 1 is 1.27 bits per heavy atom. The van der Waals surface area contributed by atoms with Crippen LogP contribution in [-0.4, -0.2) is 15.1 Å². The molecule has 0 amide bonds. The summed E-state index contributed by atoms with van der Waals surface area (Å²) in [5, 5.41) is 29.6. The van der Waals surface area contributed by atoms with Crippen molar-refractivity contribution in [1.29, 1.82) is 0 Å². The summed E-state index contributed by atoms with van der Waals surface area (Å²) in [5.74, 6) is -1.01. The molecule has 0 bridgehead atoms. The molecule has 0 fully saturated rings. The minimum absolute atomic E-state index is 0.329. The van der Waals surface area contributed by atoms with Gasteiger partial charge in [0, 0.05) is 5.56 Å². The molecule has 80 valence electrons. The molecule has 0 spiro atoms. The molecule has 0 saturated heterocycles. The largest absolute Gasteiger partial charge is 0.504 e. The monoisotopic (exact) mass is 209 g/mol. The van der Waals surface area contributed by atoms with Crippen molar-refractivity contribution in [2.24, 2.45) is 0 Å². The van der Waals surface area contributed by atoms with Gasteiger partial charge in [0.2, 0.25) is 5.75 Å².